The lowest BCUT2D eigenvalue weighted by atomic mass is 10.2. The molecule has 0 aliphatic rings. The van der Waals surface area contributed by atoms with Crippen molar-refractivity contribution in [2.75, 3.05) is 0 Å². The van der Waals surface area contributed by atoms with Crippen LogP contribution in [0.15, 0.2) is 52.8 Å². The van der Waals surface area contributed by atoms with Gasteiger partial charge in [-0.1, -0.05) is 35.0 Å². The fraction of sp³-hybridized carbons (Fsp3) is 0.0769. The Morgan fingerprint density at radius 1 is 1.32 bits per heavy atom. The van der Waals surface area contributed by atoms with E-state index in [1.807, 2.05) is 24.3 Å². The topological polar surface area (TPSA) is 71.5 Å². The highest BCUT2D eigenvalue weighted by atomic mass is 35.5. The number of nitrogens with two attached hydrogens (primary N) is 1. The third kappa shape index (κ3) is 3.39. The first-order chi connectivity index (χ1) is 9.22. The molecule has 0 amide bonds. The number of hydrogen-bond donors (Lipinski definition) is 2. The molecule has 19 heavy (non-hydrogen) atoms. The predicted octanol–water partition coefficient (Wildman–Crippen LogP) is 3.12. The Morgan fingerprint density at radius 2 is 2.11 bits per heavy atom. The van der Waals surface area contributed by atoms with Crippen LogP contribution in [0.4, 0.5) is 0 Å². The number of pyridine rings is 1. The zero-order chi connectivity index (χ0) is 13.7. The highest BCUT2D eigenvalue weighted by Crippen LogP contribution is 2.27. The predicted molar refractivity (Wildman–Crippen MR) is 77.8 cm³/mol. The maximum Gasteiger partial charge on any atom is 0.172 e. The summed E-state index contributed by atoms with van der Waals surface area (Å²) in [4.78, 5) is 4.24. The highest BCUT2D eigenvalue weighted by molar-refractivity contribution is 7.98. The van der Waals surface area contributed by atoms with Crippen molar-refractivity contribution in [3.63, 3.8) is 0 Å². The van der Waals surface area contributed by atoms with Gasteiger partial charge >= 0.3 is 0 Å². The SMILES string of the molecule is N/C(=N/O)c1cccnc1SCc1ccccc1Cl. The number of hydrogen-bond acceptors (Lipinski definition) is 4. The second kappa shape index (κ2) is 6.45. The van der Waals surface area contributed by atoms with Gasteiger partial charge in [-0.3, -0.25) is 0 Å². The average Bonchev–Trinajstić information content (AvgIpc) is 2.46. The van der Waals surface area contributed by atoms with Gasteiger partial charge in [-0.05, 0) is 23.8 Å². The molecule has 1 heterocycles. The minimum Gasteiger partial charge on any atom is -0.409 e. The summed E-state index contributed by atoms with van der Waals surface area (Å²) in [5, 5.41) is 13.2. The Hall–Kier alpha value is -1.72. The van der Waals surface area contributed by atoms with E-state index >= 15 is 0 Å². The maximum atomic E-state index is 8.75. The smallest absolute Gasteiger partial charge is 0.172 e. The van der Waals surface area contributed by atoms with Crippen LogP contribution in [0, 0.1) is 0 Å². The Kier molecular flexibility index (Phi) is 4.65. The summed E-state index contributed by atoms with van der Waals surface area (Å²) in [5.41, 5.74) is 7.25. The highest BCUT2D eigenvalue weighted by Gasteiger charge is 2.09. The summed E-state index contributed by atoms with van der Waals surface area (Å²) >= 11 is 7.59. The first kappa shape index (κ1) is 13.7. The second-order valence-electron chi connectivity index (χ2n) is 3.72. The van der Waals surface area contributed by atoms with E-state index in [4.69, 9.17) is 22.5 Å². The van der Waals surface area contributed by atoms with Gasteiger partial charge < -0.3 is 10.9 Å². The minimum atomic E-state index is 0.0507. The number of halogens is 1. The molecule has 0 unspecified atom stereocenters. The van der Waals surface area contributed by atoms with E-state index in [9.17, 15) is 0 Å². The Bertz CT molecular complexity index is 604. The Balaban J connectivity index is 2.19. The summed E-state index contributed by atoms with van der Waals surface area (Å²) in [6.07, 6.45) is 1.67. The molecule has 0 saturated heterocycles. The minimum absolute atomic E-state index is 0.0507. The molecule has 2 aromatic rings. The number of aromatic nitrogens is 1. The number of nitrogens with zero attached hydrogens (tertiary/aromatic N) is 2. The summed E-state index contributed by atoms with van der Waals surface area (Å²) in [5.74, 6) is 0.720. The van der Waals surface area contributed by atoms with Gasteiger partial charge in [0.05, 0.1) is 5.56 Å². The van der Waals surface area contributed by atoms with E-state index in [1.165, 1.54) is 11.8 Å². The Morgan fingerprint density at radius 3 is 2.84 bits per heavy atom. The summed E-state index contributed by atoms with van der Waals surface area (Å²) in [6, 6.07) is 11.1. The van der Waals surface area contributed by atoms with E-state index in [0.29, 0.717) is 16.3 Å². The molecule has 0 fully saturated rings. The van der Waals surface area contributed by atoms with Crippen LogP contribution in [-0.4, -0.2) is 16.0 Å². The summed E-state index contributed by atoms with van der Waals surface area (Å²) in [7, 11) is 0. The first-order valence-electron chi connectivity index (χ1n) is 5.51. The largest absolute Gasteiger partial charge is 0.409 e. The van der Waals surface area contributed by atoms with Crippen LogP contribution in [0.25, 0.3) is 0 Å². The van der Waals surface area contributed by atoms with Crippen molar-refractivity contribution in [3.8, 4) is 0 Å². The molecule has 0 atom stereocenters. The first-order valence-corrected chi connectivity index (χ1v) is 6.88. The molecule has 3 N–H and O–H groups in total. The number of thioether (sulfide) groups is 1. The molecule has 1 aromatic carbocycles. The normalized spacial score (nSPS) is 11.5. The second-order valence-corrected chi connectivity index (χ2v) is 5.09. The molecular weight excluding hydrogens is 282 g/mol. The fourth-order valence-corrected chi connectivity index (χ4v) is 2.81. The van der Waals surface area contributed by atoms with Crippen molar-refractivity contribution >= 4 is 29.2 Å². The van der Waals surface area contributed by atoms with Gasteiger partial charge in [-0.2, -0.15) is 0 Å². The lowest BCUT2D eigenvalue weighted by Gasteiger charge is -2.07. The third-order valence-corrected chi connectivity index (χ3v) is 3.90. The van der Waals surface area contributed by atoms with Gasteiger partial charge in [-0.25, -0.2) is 4.98 Å². The van der Waals surface area contributed by atoms with Crippen molar-refractivity contribution < 1.29 is 5.21 Å². The molecule has 0 aliphatic carbocycles. The van der Waals surface area contributed by atoms with E-state index in [1.54, 1.807) is 18.3 Å². The number of amidine groups is 1. The quantitative estimate of drug-likeness (QED) is 0.299. The van der Waals surface area contributed by atoms with Crippen molar-refractivity contribution in [3.05, 3.63) is 58.7 Å². The molecule has 98 valence electrons. The molecule has 0 aliphatic heterocycles. The van der Waals surface area contributed by atoms with Crippen LogP contribution < -0.4 is 5.73 Å². The lowest BCUT2D eigenvalue weighted by molar-refractivity contribution is 0.318. The molecule has 0 saturated carbocycles. The van der Waals surface area contributed by atoms with Crippen LogP contribution in [0.1, 0.15) is 11.1 Å². The molecule has 4 nitrogen and oxygen atoms in total. The summed E-state index contributed by atoms with van der Waals surface area (Å²) < 4.78 is 0. The van der Waals surface area contributed by atoms with Gasteiger partial charge in [0.2, 0.25) is 0 Å². The van der Waals surface area contributed by atoms with Crippen LogP contribution in [0.3, 0.4) is 0 Å². The van der Waals surface area contributed by atoms with Crippen LogP contribution in [0.5, 0.6) is 0 Å². The van der Waals surface area contributed by atoms with E-state index in [-0.39, 0.29) is 5.84 Å². The van der Waals surface area contributed by atoms with Crippen molar-refractivity contribution in [2.45, 2.75) is 10.8 Å². The van der Waals surface area contributed by atoms with Gasteiger partial charge in [-0.15, -0.1) is 11.8 Å². The molecule has 0 spiro atoms. The number of rotatable bonds is 4. The summed E-state index contributed by atoms with van der Waals surface area (Å²) in [6.45, 7) is 0. The van der Waals surface area contributed by atoms with Crippen molar-refractivity contribution in [1.82, 2.24) is 4.98 Å². The van der Waals surface area contributed by atoms with Gasteiger partial charge in [0.25, 0.3) is 0 Å². The maximum absolute atomic E-state index is 8.75. The number of benzene rings is 1. The third-order valence-electron chi connectivity index (χ3n) is 2.48. The molecule has 1 aromatic heterocycles. The lowest BCUT2D eigenvalue weighted by Crippen LogP contribution is -2.14. The van der Waals surface area contributed by atoms with Gasteiger partial charge in [0.15, 0.2) is 5.84 Å². The monoisotopic (exact) mass is 293 g/mol. The fourth-order valence-electron chi connectivity index (χ4n) is 1.52. The average molecular weight is 294 g/mol. The molecule has 0 bridgehead atoms. The van der Waals surface area contributed by atoms with E-state index in [2.05, 4.69) is 10.1 Å². The molecule has 0 radical (unpaired) electrons. The molecule has 6 heteroatoms. The van der Waals surface area contributed by atoms with Crippen LogP contribution in [-0.2, 0) is 5.75 Å². The van der Waals surface area contributed by atoms with E-state index < -0.39 is 0 Å². The van der Waals surface area contributed by atoms with Gasteiger partial charge in [0, 0.05) is 17.0 Å². The number of oxime groups is 1. The van der Waals surface area contributed by atoms with Crippen LogP contribution >= 0.6 is 23.4 Å². The zero-order valence-corrected chi connectivity index (χ0v) is 11.5. The standard InChI is InChI=1S/C13H12ClN3OS/c14-11-6-2-1-4-9(11)8-19-13-10(12(15)17-18)5-3-7-16-13/h1-7,18H,8H2,(H2,15,17). The Labute approximate surface area is 120 Å². The van der Waals surface area contributed by atoms with Crippen LogP contribution in [0.2, 0.25) is 5.02 Å². The van der Waals surface area contributed by atoms with E-state index in [0.717, 1.165) is 10.6 Å². The molecular formula is C13H12ClN3OS. The van der Waals surface area contributed by atoms with Crippen molar-refractivity contribution in [2.24, 2.45) is 10.9 Å². The van der Waals surface area contributed by atoms with Gasteiger partial charge in [0.1, 0.15) is 5.03 Å². The van der Waals surface area contributed by atoms with Crippen molar-refractivity contribution in [1.29, 1.82) is 0 Å². The molecule has 2 rings (SSSR count). The zero-order valence-electron chi connectivity index (χ0n) is 9.95.